The molecule has 0 saturated carbocycles. The molecule has 0 amide bonds. The van der Waals surface area contributed by atoms with Gasteiger partial charge in [0.15, 0.2) is 0 Å². The molecule has 0 aliphatic heterocycles. The van der Waals surface area contributed by atoms with E-state index in [-0.39, 0.29) is 0 Å². The number of aryl methyl sites for hydroxylation is 1. The molecule has 0 bridgehead atoms. The molecule has 0 spiro atoms. The molecule has 1 heteroatoms. The second-order valence-electron chi connectivity index (χ2n) is 5.32. The molecule has 0 N–H and O–H groups in total. The van der Waals surface area contributed by atoms with Gasteiger partial charge >= 0.3 is 0 Å². The van der Waals surface area contributed by atoms with Gasteiger partial charge in [0.05, 0.1) is 0 Å². The molecule has 0 nitrogen and oxygen atoms in total. The van der Waals surface area contributed by atoms with E-state index in [1.165, 1.54) is 39.0 Å². The number of hydrogen-bond acceptors (Lipinski definition) is 0. The summed E-state index contributed by atoms with van der Waals surface area (Å²) in [5, 5.41) is 0. The first-order chi connectivity index (χ1) is 9.08. The topological polar surface area (TPSA) is 0 Å². The first-order valence-corrected chi connectivity index (χ1v) is 7.43. The summed E-state index contributed by atoms with van der Waals surface area (Å²) >= 11 is 3.66. The summed E-state index contributed by atoms with van der Waals surface area (Å²) in [5.74, 6) is 0. The molecule has 0 atom stereocenters. The zero-order chi connectivity index (χ0) is 13.6. The average molecular weight is 313 g/mol. The molecular formula is C18H17Br. The number of benzene rings is 2. The van der Waals surface area contributed by atoms with Crippen molar-refractivity contribution in [3.63, 3.8) is 0 Å². The number of fused-ring (bicyclic) bond motifs is 1. The smallest absolute Gasteiger partial charge is 0.0187 e. The third-order valence-electron chi connectivity index (χ3n) is 4.15. The van der Waals surface area contributed by atoms with Gasteiger partial charge in [0.1, 0.15) is 0 Å². The monoisotopic (exact) mass is 312 g/mol. The zero-order valence-electron chi connectivity index (χ0n) is 11.5. The molecule has 1 aliphatic rings. The van der Waals surface area contributed by atoms with E-state index in [0.717, 1.165) is 10.9 Å². The number of halogens is 1. The van der Waals surface area contributed by atoms with Crippen LogP contribution in [0.15, 0.2) is 40.9 Å². The fourth-order valence-corrected chi connectivity index (χ4v) is 3.31. The van der Waals surface area contributed by atoms with Crippen LogP contribution in [0, 0.1) is 13.8 Å². The zero-order valence-corrected chi connectivity index (χ0v) is 13.1. The molecule has 0 aromatic heterocycles. The quantitative estimate of drug-likeness (QED) is 0.634. The third kappa shape index (κ3) is 2.06. The highest BCUT2D eigenvalue weighted by Crippen LogP contribution is 2.39. The Morgan fingerprint density at radius 3 is 2.47 bits per heavy atom. The van der Waals surface area contributed by atoms with Gasteiger partial charge in [-0.1, -0.05) is 40.2 Å². The molecular weight excluding hydrogens is 296 g/mol. The highest BCUT2D eigenvalue weighted by molar-refractivity contribution is 9.10. The summed E-state index contributed by atoms with van der Waals surface area (Å²) in [6.07, 6.45) is 3.38. The van der Waals surface area contributed by atoms with Crippen molar-refractivity contribution in [1.29, 1.82) is 0 Å². The molecule has 2 aromatic rings. The van der Waals surface area contributed by atoms with Crippen molar-refractivity contribution in [2.75, 3.05) is 0 Å². The molecule has 1 aliphatic carbocycles. The largest absolute Gasteiger partial charge is 0.0765 e. The second kappa shape index (κ2) is 4.64. The summed E-state index contributed by atoms with van der Waals surface area (Å²) in [6.45, 7) is 6.60. The summed E-state index contributed by atoms with van der Waals surface area (Å²) in [7, 11) is 0. The Kier molecular flexibility index (Phi) is 3.10. The average Bonchev–Trinajstić information content (AvgIpc) is 2.74. The minimum Gasteiger partial charge on any atom is -0.0765 e. The molecule has 0 fully saturated rings. The fraction of sp³-hybridized carbons (Fsp3) is 0.222. The second-order valence-corrected chi connectivity index (χ2v) is 6.23. The summed E-state index contributed by atoms with van der Waals surface area (Å²) in [6, 6.07) is 11.1. The lowest BCUT2D eigenvalue weighted by Crippen LogP contribution is -1.94. The Morgan fingerprint density at radius 2 is 1.68 bits per heavy atom. The van der Waals surface area contributed by atoms with E-state index >= 15 is 0 Å². The van der Waals surface area contributed by atoms with E-state index in [0.29, 0.717) is 0 Å². The molecule has 0 saturated heterocycles. The van der Waals surface area contributed by atoms with Gasteiger partial charge in [-0.25, -0.2) is 0 Å². The number of hydrogen-bond donors (Lipinski definition) is 0. The summed E-state index contributed by atoms with van der Waals surface area (Å²) < 4.78 is 1.16. The summed E-state index contributed by atoms with van der Waals surface area (Å²) in [5.41, 5.74) is 9.73. The predicted octanol–water partition coefficient (Wildman–Crippen LogP) is 5.69. The van der Waals surface area contributed by atoms with E-state index in [4.69, 9.17) is 0 Å². The first kappa shape index (κ1) is 12.7. The van der Waals surface area contributed by atoms with Gasteiger partial charge in [0.2, 0.25) is 0 Å². The van der Waals surface area contributed by atoms with Crippen LogP contribution in [0.2, 0.25) is 0 Å². The van der Waals surface area contributed by atoms with Gasteiger partial charge in [-0.3, -0.25) is 0 Å². The van der Waals surface area contributed by atoms with E-state index in [9.17, 15) is 0 Å². The number of rotatable bonds is 1. The van der Waals surface area contributed by atoms with Crippen LogP contribution < -0.4 is 0 Å². The van der Waals surface area contributed by atoms with Crippen LogP contribution in [0.4, 0.5) is 0 Å². The molecule has 0 radical (unpaired) electrons. The van der Waals surface area contributed by atoms with Crippen LogP contribution in [0.25, 0.3) is 16.7 Å². The summed E-state index contributed by atoms with van der Waals surface area (Å²) in [4.78, 5) is 0. The maximum absolute atomic E-state index is 3.66. The normalized spacial score (nSPS) is 13.4. The van der Waals surface area contributed by atoms with Crippen LogP contribution >= 0.6 is 15.9 Å². The Labute approximate surface area is 123 Å². The van der Waals surface area contributed by atoms with E-state index in [1.807, 2.05) is 0 Å². The van der Waals surface area contributed by atoms with Crippen LogP contribution in [0.1, 0.15) is 29.2 Å². The Hall–Kier alpha value is -1.34. The van der Waals surface area contributed by atoms with Crippen molar-refractivity contribution in [3.05, 3.63) is 63.1 Å². The van der Waals surface area contributed by atoms with Crippen molar-refractivity contribution in [2.24, 2.45) is 0 Å². The minimum absolute atomic E-state index is 1.05. The highest BCUT2D eigenvalue weighted by atomic mass is 79.9. The lowest BCUT2D eigenvalue weighted by atomic mass is 9.91. The van der Waals surface area contributed by atoms with Gasteiger partial charge in [-0.15, -0.1) is 0 Å². The Balaban J connectivity index is 2.28. The van der Waals surface area contributed by atoms with Gasteiger partial charge < -0.3 is 0 Å². The first-order valence-electron chi connectivity index (χ1n) is 6.64. The molecule has 96 valence electrons. The van der Waals surface area contributed by atoms with E-state index in [2.05, 4.69) is 73.1 Å². The van der Waals surface area contributed by atoms with Crippen molar-refractivity contribution in [2.45, 2.75) is 27.2 Å². The van der Waals surface area contributed by atoms with Crippen molar-refractivity contribution in [3.8, 4) is 11.1 Å². The molecule has 19 heavy (non-hydrogen) atoms. The van der Waals surface area contributed by atoms with Gasteiger partial charge in [-0.2, -0.15) is 0 Å². The van der Waals surface area contributed by atoms with Crippen LogP contribution in [-0.4, -0.2) is 0 Å². The fourth-order valence-electron chi connectivity index (χ4n) is 2.86. The maximum atomic E-state index is 3.66. The van der Waals surface area contributed by atoms with Crippen molar-refractivity contribution < 1.29 is 0 Å². The SMILES string of the molecule is CC1=CCc2c1cc(Br)cc2-c1cccc(C)c1C. The lowest BCUT2D eigenvalue weighted by Gasteiger charge is -2.14. The molecule has 2 aromatic carbocycles. The molecule has 0 unspecified atom stereocenters. The Bertz CT molecular complexity index is 693. The highest BCUT2D eigenvalue weighted by Gasteiger charge is 2.18. The standard InChI is InChI=1S/C18H17Br/c1-11-5-4-6-15(13(11)3)18-10-14(19)9-17-12(2)7-8-16(17)18/h4-7,9-10H,8H2,1-3H3. The predicted molar refractivity (Wildman–Crippen MR) is 86.4 cm³/mol. The van der Waals surface area contributed by atoms with Gasteiger partial charge in [-0.05, 0) is 78.3 Å². The minimum atomic E-state index is 1.05. The van der Waals surface area contributed by atoms with Crippen molar-refractivity contribution in [1.82, 2.24) is 0 Å². The Morgan fingerprint density at radius 1 is 0.947 bits per heavy atom. The van der Waals surface area contributed by atoms with Crippen LogP contribution in [0.5, 0.6) is 0 Å². The maximum Gasteiger partial charge on any atom is 0.0187 e. The van der Waals surface area contributed by atoms with Crippen molar-refractivity contribution >= 4 is 21.5 Å². The molecule has 0 heterocycles. The number of allylic oxidation sites excluding steroid dienone is 2. The lowest BCUT2D eigenvalue weighted by molar-refractivity contribution is 1.28. The van der Waals surface area contributed by atoms with Gasteiger partial charge in [0, 0.05) is 4.47 Å². The third-order valence-corrected chi connectivity index (χ3v) is 4.60. The molecule has 3 rings (SSSR count). The van der Waals surface area contributed by atoms with Gasteiger partial charge in [0.25, 0.3) is 0 Å². The van der Waals surface area contributed by atoms with Crippen LogP contribution in [0.3, 0.4) is 0 Å². The van der Waals surface area contributed by atoms with Crippen LogP contribution in [-0.2, 0) is 6.42 Å². The van der Waals surface area contributed by atoms with E-state index < -0.39 is 0 Å². The van der Waals surface area contributed by atoms with E-state index in [1.54, 1.807) is 0 Å².